The Morgan fingerprint density at radius 2 is 1.87 bits per heavy atom. The zero-order valence-corrected chi connectivity index (χ0v) is 13.4. The van der Waals surface area contributed by atoms with E-state index in [2.05, 4.69) is 18.3 Å². The van der Waals surface area contributed by atoms with Gasteiger partial charge < -0.3 is 19.9 Å². The van der Waals surface area contributed by atoms with Crippen molar-refractivity contribution in [2.45, 2.75) is 32.4 Å². The zero-order chi connectivity index (χ0) is 16.1. The van der Waals surface area contributed by atoms with Gasteiger partial charge in [0, 0.05) is 24.6 Å². The molecule has 3 rings (SSSR count). The van der Waals surface area contributed by atoms with Gasteiger partial charge in [-0.25, -0.2) is 0 Å². The number of fused-ring (bicyclic) bond motifs is 1. The van der Waals surface area contributed by atoms with E-state index in [0.717, 1.165) is 35.5 Å². The van der Waals surface area contributed by atoms with Gasteiger partial charge in [-0.2, -0.15) is 0 Å². The fourth-order valence-electron chi connectivity index (χ4n) is 2.82. The highest BCUT2D eigenvalue weighted by Crippen LogP contribution is 2.31. The molecule has 2 N–H and O–H groups in total. The Balaban J connectivity index is 1.70. The molecule has 0 saturated heterocycles. The largest absolute Gasteiger partial charge is 0.508 e. The molecule has 0 bridgehead atoms. The molecule has 0 spiro atoms. The standard InChI is InChI=1S/C19H23NO3/c1-2-16(15-6-3-4-7-17(15)21)20-13-14-8-9-18-19(12-14)23-11-5-10-22-18/h3-4,6-9,12,16,20-21H,2,5,10-11,13H2,1H3/t16-/m0/s1. The van der Waals surface area contributed by atoms with E-state index in [1.165, 1.54) is 0 Å². The lowest BCUT2D eigenvalue weighted by molar-refractivity contribution is 0.297. The lowest BCUT2D eigenvalue weighted by Gasteiger charge is -2.19. The summed E-state index contributed by atoms with van der Waals surface area (Å²) >= 11 is 0. The minimum absolute atomic E-state index is 0.118. The van der Waals surface area contributed by atoms with Gasteiger partial charge >= 0.3 is 0 Å². The van der Waals surface area contributed by atoms with Crippen LogP contribution >= 0.6 is 0 Å². The second-order valence-corrected chi connectivity index (χ2v) is 5.73. The van der Waals surface area contributed by atoms with Gasteiger partial charge in [0.25, 0.3) is 0 Å². The third-order valence-corrected chi connectivity index (χ3v) is 4.08. The van der Waals surface area contributed by atoms with Crippen LogP contribution in [0.15, 0.2) is 42.5 Å². The predicted octanol–water partition coefficient (Wildman–Crippen LogP) is 3.79. The van der Waals surface area contributed by atoms with E-state index in [9.17, 15) is 5.11 Å². The highest BCUT2D eigenvalue weighted by molar-refractivity contribution is 5.43. The van der Waals surface area contributed by atoms with Crippen LogP contribution in [0.4, 0.5) is 0 Å². The van der Waals surface area contributed by atoms with Crippen LogP contribution in [-0.4, -0.2) is 18.3 Å². The summed E-state index contributed by atoms with van der Waals surface area (Å²) < 4.78 is 11.4. The number of hydrogen-bond acceptors (Lipinski definition) is 4. The van der Waals surface area contributed by atoms with Gasteiger partial charge in [-0.3, -0.25) is 0 Å². The Hall–Kier alpha value is -2.20. The summed E-state index contributed by atoms with van der Waals surface area (Å²) in [5.41, 5.74) is 2.08. The first kappa shape index (κ1) is 15.7. The number of benzene rings is 2. The second-order valence-electron chi connectivity index (χ2n) is 5.73. The van der Waals surface area contributed by atoms with E-state index in [0.29, 0.717) is 25.5 Å². The van der Waals surface area contributed by atoms with E-state index >= 15 is 0 Å². The molecule has 0 aromatic heterocycles. The lowest BCUT2D eigenvalue weighted by atomic mass is 10.0. The molecule has 0 aliphatic carbocycles. The second kappa shape index (κ2) is 7.38. The molecule has 1 heterocycles. The molecular formula is C19H23NO3. The SMILES string of the molecule is CC[C@H](NCc1ccc2c(c1)OCCCO2)c1ccccc1O. The van der Waals surface area contributed by atoms with Crippen molar-refractivity contribution in [3.8, 4) is 17.2 Å². The molecule has 2 aromatic rings. The van der Waals surface area contributed by atoms with Crippen molar-refractivity contribution in [2.75, 3.05) is 13.2 Å². The number of para-hydroxylation sites is 1. The Morgan fingerprint density at radius 3 is 2.65 bits per heavy atom. The molecule has 4 heteroatoms. The molecule has 1 atom stereocenters. The molecule has 1 aliphatic heterocycles. The number of hydrogen-bond donors (Lipinski definition) is 2. The average molecular weight is 313 g/mol. The summed E-state index contributed by atoms with van der Waals surface area (Å²) in [5, 5.41) is 13.5. The third kappa shape index (κ3) is 3.77. The lowest BCUT2D eigenvalue weighted by Crippen LogP contribution is -2.20. The van der Waals surface area contributed by atoms with Crippen LogP contribution in [0, 0.1) is 0 Å². The maximum Gasteiger partial charge on any atom is 0.161 e. The molecule has 0 amide bonds. The number of rotatable bonds is 5. The van der Waals surface area contributed by atoms with E-state index in [1.807, 2.05) is 30.3 Å². The van der Waals surface area contributed by atoms with Crippen molar-refractivity contribution in [3.63, 3.8) is 0 Å². The van der Waals surface area contributed by atoms with E-state index in [1.54, 1.807) is 6.07 Å². The van der Waals surface area contributed by atoms with Crippen LogP contribution in [0.1, 0.15) is 36.9 Å². The van der Waals surface area contributed by atoms with E-state index < -0.39 is 0 Å². The molecule has 0 unspecified atom stereocenters. The van der Waals surface area contributed by atoms with Gasteiger partial charge in [0.05, 0.1) is 13.2 Å². The number of aromatic hydroxyl groups is 1. The van der Waals surface area contributed by atoms with Crippen LogP contribution in [0.25, 0.3) is 0 Å². The molecule has 0 fully saturated rings. The number of phenolic OH excluding ortho intramolecular Hbond substituents is 1. The summed E-state index contributed by atoms with van der Waals surface area (Å²) in [7, 11) is 0. The molecule has 0 saturated carbocycles. The minimum Gasteiger partial charge on any atom is -0.508 e. The predicted molar refractivity (Wildman–Crippen MR) is 90.0 cm³/mol. The summed E-state index contributed by atoms with van der Waals surface area (Å²) in [6.07, 6.45) is 1.82. The van der Waals surface area contributed by atoms with Crippen molar-refractivity contribution in [3.05, 3.63) is 53.6 Å². The number of ether oxygens (including phenoxy) is 2. The maximum atomic E-state index is 10.0. The van der Waals surface area contributed by atoms with Crippen molar-refractivity contribution in [1.82, 2.24) is 5.32 Å². The van der Waals surface area contributed by atoms with Crippen molar-refractivity contribution in [1.29, 1.82) is 0 Å². The molecule has 4 nitrogen and oxygen atoms in total. The molecule has 122 valence electrons. The van der Waals surface area contributed by atoms with Gasteiger partial charge in [-0.05, 0) is 30.2 Å². The van der Waals surface area contributed by atoms with Crippen LogP contribution in [0.5, 0.6) is 17.2 Å². The Kier molecular flexibility index (Phi) is 5.03. The third-order valence-electron chi connectivity index (χ3n) is 4.08. The molecule has 23 heavy (non-hydrogen) atoms. The first-order valence-electron chi connectivity index (χ1n) is 8.17. The highest BCUT2D eigenvalue weighted by atomic mass is 16.5. The topological polar surface area (TPSA) is 50.7 Å². The highest BCUT2D eigenvalue weighted by Gasteiger charge is 2.14. The van der Waals surface area contributed by atoms with Gasteiger partial charge in [0.15, 0.2) is 11.5 Å². The Bertz CT molecular complexity index is 657. The van der Waals surface area contributed by atoms with Gasteiger partial charge in [0.1, 0.15) is 5.75 Å². The first-order valence-corrected chi connectivity index (χ1v) is 8.17. The van der Waals surface area contributed by atoms with Crippen LogP contribution < -0.4 is 14.8 Å². The minimum atomic E-state index is 0.118. The van der Waals surface area contributed by atoms with Gasteiger partial charge in [-0.1, -0.05) is 31.2 Å². The fraction of sp³-hybridized carbons (Fsp3) is 0.368. The zero-order valence-electron chi connectivity index (χ0n) is 13.4. The van der Waals surface area contributed by atoms with Crippen molar-refractivity contribution in [2.24, 2.45) is 0 Å². The number of nitrogens with one attached hydrogen (secondary N) is 1. The van der Waals surface area contributed by atoms with E-state index in [-0.39, 0.29) is 6.04 Å². The van der Waals surface area contributed by atoms with Crippen LogP contribution in [0.3, 0.4) is 0 Å². The maximum absolute atomic E-state index is 10.0. The molecule has 2 aromatic carbocycles. The summed E-state index contributed by atoms with van der Waals surface area (Å²) in [5.74, 6) is 1.97. The monoisotopic (exact) mass is 313 g/mol. The van der Waals surface area contributed by atoms with Crippen molar-refractivity contribution < 1.29 is 14.6 Å². The van der Waals surface area contributed by atoms with Crippen LogP contribution in [-0.2, 0) is 6.54 Å². The quantitative estimate of drug-likeness (QED) is 0.881. The van der Waals surface area contributed by atoms with Crippen LogP contribution in [0.2, 0.25) is 0 Å². The normalized spacial score (nSPS) is 15.0. The molecule has 1 aliphatic rings. The summed E-state index contributed by atoms with van der Waals surface area (Å²) in [4.78, 5) is 0. The van der Waals surface area contributed by atoms with Crippen molar-refractivity contribution >= 4 is 0 Å². The first-order chi connectivity index (χ1) is 11.3. The summed E-state index contributed by atoms with van der Waals surface area (Å²) in [6, 6.07) is 13.7. The average Bonchev–Trinajstić information content (AvgIpc) is 2.81. The smallest absolute Gasteiger partial charge is 0.161 e. The van der Waals surface area contributed by atoms with E-state index in [4.69, 9.17) is 9.47 Å². The fourth-order valence-corrected chi connectivity index (χ4v) is 2.82. The molecular weight excluding hydrogens is 290 g/mol. The number of phenols is 1. The Labute approximate surface area is 137 Å². The molecule has 0 radical (unpaired) electrons. The Morgan fingerprint density at radius 1 is 1.09 bits per heavy atom. The van der Waals surface area contributed by atoms with Gasteiger partial charge in [0.2, 0.25) is 0 Å². The van der Waals surface area contributed by atoms with Gasteiger partial charge in [-0.15, -0.1) is 0 Å². The summed E-state index contributed by atoms with van der Waals surface area (Å²) in [6.45, 7) is 4.22.